The number of likely N-dealkylation sites (N-methyl/N-ethyl adjacent to an activating group) is 1. The van der Waals surface area contributed by atoms with Gasteiger partial charge in [0.25, 0.3) is 0 Å². The molecule has 6 heteroatoms. The lowest BCUT2D eigenvalue weighted by molar-refractivity contribution is -0.133. The van der Waals surface area contributed by atoms with Crippen molar-refractivity contribution in [2.24, 2.45) is 11.8 Å². The number of nitrogens with zero attached hydrogens (tertiary/aromatic N) is 4. The molecule has 3 rings (SSSR count). The van der Waals surface area contributed by atoms with Gasteiger partial charge in [-0.05, 0) is 24.0 Å². The van der Waals surface area contributed by atoms with Crippen LogP contribution in [-0.2, 0) is 16.1 Å². The van der Waals surface area contributed by atoms with Crippen molar-refractivity contribution < 1.29 is 9.59 Å². The molecule has 0 aliphatic carbocycles. The molecule has 0 spiro atoms. The molecule has 1 fully saturated rings. The SMILES string of the molecule is CC(C)CN(CC(C)C)C(=O)Cn1c(C2CC(=O)N(C)C2)nc2ccccc21. The van der Waals surface area contributed by atoms with E-state index in [-0.39, 0.29) is 24.3 Å². The minimum Gasteiger partial charge on any atom is -0.345 e. The summed E-state index contributed by atoms with van der Waals surface area (Å²) in [6.45, 7) is 11.0. The molecule has 28 heavy (non-hydrogen) atoms. The fraction of sp³-hybridized carbons (Fsp3) is 0.591. The van der Waals surface area contributed by atoms with Crippen molar-refractivity contribution in [2.75, 3.05) is 26.7 Å². The van der Waals surface area contributed by atoms with Crippen LogP contribution in [0.2, 0.25) is 0 Å². The van der Waals surface area contributed by atoms with Crippen molar-refractivity contribution >= 4 is 22.8 Å². The Bertz CT molecular complexity index is 845. The van der Waals surface area contributed by atoms with Crippen LogP contribution in [0.25, 0.3) is 11.0 Å². The molecule has 1 aromatic heterocycles. The van der Waals surface area contributed by atoms with Gasteiger partial charge in [-0.3, -0.25) is 9.59 Å². The first-order valence-electron chi connectivity index (χ1n) is 10.2. The van der Waals surface area contributed by atoms with Crippen molar-refractivity contribution in [3.05, 3.63) is 30.1 Å². The molecule has 0 bridgehead atoms. The summed E-state index contributed by atoms with van der Waals surface area (Å²) in [6.07, 6.45) is 0.454. The summed E-state index contributed by atoms with van der Waals surface area (Å²) in [6, 6.07) is 7.91. The van der Waals surface area contributed by atoms with Crippen LogP contribution in [0.15, 0.2) is 24.3 Å². The maximum absolute atomic E-state index is 13.2. The number of imidazole rings is 1. The fourth-order valence-electron chi connectivity index (χ4n) is 4.00. The van der Waals surface area contributed by atoms with Gasteiger partial charge in [0.05, 0.1) is 11.0 Å². The minimum atomic E-state index is 0.0290. The molecule has 2 heterocycles. The number of benzene rings is 1. The first kappa shape index (κ1) is 20.4. The number of likely N-dealkylation sites (tertiary alicyclic amines) is 1. The summed E-state index contributed by atoms with van der Waals surface area (Å²) >= 11 is 0. The van der Waals surface area contributed by atoms with E-state index < -0.39 is 0 Å². The van der Waals surface area contributed by atoms with Crippen molar-refractivity contribution in [3.63, 3.8) is 0 Å². The maximum atomic E-state index is 13.2. The van der Waals surface area contributed by atoms with E-state index in [2.05, 4.69) is 27.7 Å². The lowest BCUT2D eigenvalue weighted by Crippen LogP contribution is -2.39. The summed E-state index contributed by atoms with van der Waals surface area (Å²) in [4.78, 5) is 33.8. The topological polar surface area (TPSA) is 58.4 Å². The van der Waals surface area contributed by atoms with Crippen LogP contribution in [0.4, 0.5) is 0 Å². The van der Waals surface area contributed by atoms with Crippen LogP contribution in [0.3, 0.4) is 0 Å². The van der Waals surface area contributed by atoms with Crippen LogP contribution in [-0.4, -0.2) is 57.8 Å². The second-order valence-corrected chi connectivity index (χ2v) is 8.81. The normalized spacial score (nSPS) is 17.3. The largest absolute Gasteiger partial charge is 0.345 e. The van der Waals surface area contributed by atoms with E-state index >= 15 is 0 Å². The van der Waals surface area contributed by atoms with E-state index in [0.717, 1.165) is 29.9 Å². The monoisotopic (exact) mass is 384 g/mol. The summed E-state index contributed by atoms with van der Waals surface area (Å²) in [7, 11) is 1.83. The van der Waals surface area contributed by atoms with Gasteiger partial charge in [0.1, 0.15) is 12.4 Å². The molecule has 2 amide bonds. The highest BCUT2D eigenvalue weighted by molar-refractivity contribution is 5.83. The van der Waals surface area contributed by atoms with Gasteiger partial charge in [-0.15, -0.1) is 0 Å². The summed E-state index contributed by atoms with van der Waals surface area (Å²) in [5.41, 5.74) is 1.84. The number of para-hydroxylation sites is 2. The lowest BCUT2D eigenvalue weighted by Gasteiger charge is -2.27. The molecule has 0 radical (unpaired) electrons. The predicted molar refractivity (Wildman–Crippen MR) is 111 cm³/mol. The van der Waals surface area contributed by atoms with Crippen LogP contribution in [0.1, 0.15) is 45.9 Å². The molecule has 0 saturated carbocycles. The predicted octanol–water partition coefficient (Wildman–Crippen LogP) is 3.12. The van der Waals surface area contributed by atoms with E-state index in [0.29, 0.717) is 24.8 Å². The second kappa shape index (κ2) is 8.33. The zero-order valence-electron chi connectivity index (χ0n) is 17.7. The third kappa shape index (κ3) is 4.37. The van der Waals surface area contributed by atoms with Gasteiger partial charge < -0.3 is 14.4 Å². The first-order valence-corrected chi connectivity index (χ1v) is 10.2. The molecular formula is C22H32N4O2. The summed E-state index contributed by atoms with van der Waals surface area (Å²) < 4.78 is 2.03. The van der Waals surface area contributed by atoms with Gasteiger partial charge in [-0.2, -0.15) is 0 Å². The Kier molecular flexibility index (Phi) is 6.06. The van der Waals surface area contributed by atoms with Crippen molar-refractivity contribution in [1.29, 1.82) is 0 Å². The molecular weight excluding hydrogens is 352 g/mol. The number of carbonyl (C=O) groups is 2. The van der Waals surface area contributed by atoms with Gasteiger partial charge in [-0.1, -0.05) is 39.8 Å². The zero-order chi connectivity index (χ0) is 20.4. The minimum absolute atomic E-state index is 0.0290. The smallest absolute Gasteiger partial charge is 0.242 e. The van der Waals surface area contributed by atoms with Crippen LogP contribution in [0.5, 0.6) is 0 Å². The van der Waals surface area contributed by atoms with Gasteiger partial charge >= 0.3 is 0 Å². The number of aromatic nitrogens is 2. The highest BCUT2D eigenvalue weighted by atomic mass is 16.2. The Morgan fingerprint density at radius 2 is 1.82 bits per heavy atom. The van der Waals surface area contributed by atoms with Crippen LogP contribution >= 0.6 is 0 Å². The first-order chi connectivity index (χ1) is 13.3. The molecule has 152 valence electrons. The Morgan fingerprint density at radius 3 is 2.39 bits per heavy atom. The van der Waals surface area contributed by atoms with Gasteiger partial charge in [0.15, 0.2) is 0 Å². The highest BCUT2D eigenvalue weighted by Gasteiger charge is 2.32. The average molecular weight is 385 g/mol. The van der Waals surface area contributed by atoms with Gasteiger partial charge in [-0.25, -0.2) is 4.98 Å². The lowest BCUT2D eigenvalue weighted by atomic mass is 10.1. The van der Waals surface area contributed by atoms with E-state index in [1.807, 2.05) is 40.8 Å². The Balaban J connectivity index is 1.93. The zero-order valence-corrected chi connectivity index (χ0v) is 17.7. The summed E-state index contributed by atoms with van der Waals surface area (Å²) in [5.74, 6) is 1.97. The second-order valence-electron chi connectivity index (χ2n) is 8.81. The van der Waals surface area contributed by atoms with E-state index in [1.54, 1.807) is 4.90 Å². The molecule has 1 atom stereocenters. The Hall–Kier alpha value is -2.37. The molecule has 1 aliphatic heterocycles. The van der Waals surface area contributed by atoms with E-state index in [1.165, 1.54) is 0 Å². The van der Waals surface area contributed by atoms with Crippen LogP contribution in [0, 0.1) is 11.8 Å². The quantitative estimate of drug-likeness (QED) is 0.737. The number of carbonyl (C=O) groups excluding carboxylic acids is 2. The molecule has 6 nitrogen and oxygen atoms in total. The summed E-state index contributed by atoms with van der Waals surface area (Å²) in [5, 5.41) is 0. The third-order valence-electron chi connectivity index (χ3n) is 5.21. The maximum Gasteiger partial charge on any atom is 0.242 e. The number of hydrogen-bond acceptors (Lipinski definition) is 3. The highest BCUT2D eigenvalue weighted by Crippen LogP contribution is 2.29. The fourth-order valence-corrected chi connectivity index (χ4v) is 4.00. The van der Waals surface area contributed by atoms with Crippen LogP contribution < -0.4 is 0 Å². The van der Waals surface area contributed by atoms with E-state index in [9.17, 15) is 9.59 Å². The van der Waals surface area contributed by atoms with Crippen molar-refractivity contribution in [1.82, 2.24) is 19.4 Å². The molecule has 1 unspecified atom stereocenters. The van der Waals surface area contributed by atoms with Gasteiger partial charge in [0.2, 0.25) is 11.8 Å². The van der Waals surface area contributed by atoms with Gasteiger partial charge in [0, 0.05) is 39.0 Å². The molecule has 2 aromatic rings. The Labute approximate surface area is 167 Å². The average Bonchev–Trinajstić information content (AvgIpc) is 3.14. The standard InChI is InChI=1S/C22H32N4O2/c1-15(2)11-25(12-16(3)4)21(28)14-26-19-9-7-6-8-18(19)23-22(26)17-10-20(27)24(5)13-17/h6-9,15-17H,10-14H2,1-5H3. The third-order valence-corrected chi connectivity index (χ3v) is 5.21. The molecule has 1 saturated heterocycles. The Morgan fingerprint density at radius 1 is 1.18 bits per heavy atom. The molecule has 1 aliphatic rings. The number of amides is 2. The number of rotatable bonds is 7. The van der Waals surface area contributed by atoms with Crippen molar-refractivity contribution in [3.8, 4) is 0 Å². The molecule has 1 aromatic carbocycles. The number of hydrogen-bond donors (Lipinski definition) is 0. The van der Waals surface area contributed by atoms with E-state index in [4.69, 9.17) is 4.98 Å². The molecule has 0 N–H and O–H groups in total. The van der Waals surface area contributed by atoms with Crippen molar-refractivity contribution in [2.45, 2.75) is 46.6 Å². The number of fused-ring (bicyclic) bond motifs is 1.